The van der Waals surface area contributed by atoms with E-state index in [1.54, 1.807) is 12.1 Å². The highest BCUT2D eigenvalue weighted by molar-refractivity contribution is 7.92. The number of ether oxygens (including phenoxy) is 1. The maximum Gasteiger partial charge on any atom is 0.263 e. The molecule has 0 saturated carbocycles. The second-order valence-electron chi connectivity index (χ2n) is 8.34. The van der Waals surface area contributed by atoms with Gasteiger partial charge in [-0.15, -0.1) is 0 Å². The minimum atomic E-state index is -3.54. The van der Waals surface area contributed by atoms with Crippen LogP contribution in [0.5, 0.6) is 5.75 Å². The van der Waals surface area contributed by atoms with Crippen LogP contribution in [-0.2, 0) is 27.9 Å². The number of nitrogens with zero attached hydrogens (tertiary/aromatic N) is 2. The number of carbonyl (C=O) groups is 1. The number of carbonyl (C=O) groups excluding carboxylic acids is 1. The third-order valence-corrected chi connectivity index (χ3v) is 6.99. The quantitative estimate of drug-likeness (QED) is 0.742. The Kier molecular flexibility index (Phi) is 6.20. The summed E-state index contributed by atoms with van der Waals surface area (Å²) in [6.07, 6.45) is 2.70. The van der Waals surface area contributed by atoms with Crippen molar-refractivity contribution in [3.8, 4) is 5.75 Å². The Balaban J connectivity index is 1.47. The first-order valence-corrected chi connectivity index (χ1v) is 12.5. The molecule has 1 fully saturated rings. The average Bonchev–Trinajstić information content (AvgIpc) is 3.24. The number of likely N-dealkylation sites (tertiary alicyclic amines) is 1. The van der Waals surface area contributed by atoms with Gasteiger partial charge in [0.2, 0.25) is 10.0 Å². The van der Waals surface area contributed by atoms with Crippen LogP contribution >= 0.6 is 0 Å². The van der Waals surface area contributed by atoms with Gasteiger partial charge in [0.1, 0.15) is 5.75 Å². The fourth-order valence-corrected chi connectivity index (χ4v) is 5.09. The molecule has 166 valence electrons. The SMILES string of the molecule is Cc1ccc2c(c1)OC(C(=O)NCc1ccccc1CN1CCCC1)CN2S(C)(=O)=O. The first-order valence-electron chi connectivity index (χ1n) is 10.6. The zero-order valence-electron chi connectivity index (χ0n) is 18.0. The van der Waals surface area contributed by atoms with Gasteiger partial charge in [-0.05, 0) is 61.7 Å². The van der Waals surface area contributed by atoms with E-state index in [9.17, 15) is 13.2 Å². The zero-order valence-corrected chi connectivity index (χ0v) is 18.8. The van der Waals surface area contributed by atoms with E-state index in [1.807, 2.05) is 31.2 Å². The van der Waals surface area contributed by atoms with E-state index in [2.05, 4.69) is 16.3 Å². The summed E-state index contributed by atoms with van der Waals surface area (Å²) in [6.45, 7) is 5.32. The number of aryl methyl sites for hydroxylation is 1. The van der Waals surface area contributed by atoms with Gasteiger partial charge in [0.15, 0.2) is 6.10 Å². The molecule has 0 aliphatic carbocycles. The van der Waals surface area contributed by atoms with Gasteiger partial charge in [-0.3, -0.25) is 14.0 Å². The Morgan fingerprint density at radius 3 is 2.55 bits per heavy atom. The van der Waals surface area contributed by atoms with Crippen molar-refractivity contribution in [2.45, 2.75) is 39.0 Å². The molecule has 1 atom stereocenters. The van der Waals surface area contributed by atoms with Gasteiger partial charge in [-0.1, -0.05) is 30.3 Å². The van der Waals surface area contributed by atoms with Gasteiger partial charge in [0.05, 0.1) is 18.5 Å². The highest BCUT2D eigenvalue weighted by atomic mass is 32.2. The molecule has 0 bridgehead atoms. The van der Waals surface area contributed by atoms with Crippen molar-refractivity contribution in [3.05, 3.63) is 59.2 Å². The molecule has 0 spiro atoms. The van der Waals surface area contributed by atoms with Crippen LogP contribution in [0.2, 0.25) is 0 Å². The first kappa shape index (κ1) is 21.6. The Bertz CT molecular complexity index is 1060. The molecule has 1 unspecified atom stereocenters. The van der Waals surface area contributed by atoms with Gasteiger partial charge in [0, 0.05) is 13.1 Å². The Hall–Kier alpha value is -2.58. The minimum Gasteiger partial charge on any atom is -0.476 e. The molecule has 2 heterocycles. The lowest BCUT2D eigenvalue weighted by atomic mass is 10.1. The van der Waals surface area contributed by atoms with E-state index in [4.69, 9.17) is 4.74 Å². The van der Waals surface area contributed by atoms with E-state index in [0.29, 0.717) is 18.0 Å². The molecule has 2 aromatic carbocycles. The monoisotopic (exact) mass is 443 g/mol. The average molecular weight is 444 g/mol. The Morgan fingerprint density at radius 1 is 1.13 bits per heavy atom. The minimum absolute atomic E-state index is 0.0455. The number of rotatable bonds is 6. The maximum atomic E-state index is 12.9. The van der Waals surface area contributed by atoms with Crippen molar-refractivity contribution < 1.29 is 17.9 Å². The van der Waals surface area contributed by atoms with Gasteiger partial charge in [-0.25, -0.2) is 8.42 Å². The number of benzene rings is 2. The summed E-state index contributed by atoms with van der Waals surface area (Å²) >= 11 is 0. The summed E-state index contributed by atoms with van der Waals surface area (Å²) in [6, 6.07) is 13.4. The van der Waals surface area contributed by atoms with E-state index < -0.39 is 16.1 Å². The lowest BCUT2D eigenvalue weighted by Crippen LogP contribution is -2.50. The van der Waals surface area contributed by atoms with Crippen LogP contribution in [0, 0.1) is 6.92 Å². The summed E-state index contributed by atoms with van der Waals surface area (Å²) in [5, 5.41) is 2.95. The van der Waals surface area contributed by atoms with Crippen molar-refractivity contribution in [1.82, 2.24) is 10.2 Å². The Labute approximate surface area is 184 Å². The van der Waals surface area contributed by atoms with Crippen LogP contribution in [0.25, 0.3) is 0 Å². The molecule has 1 N–H and O–H groups in total. The predicted molar refractivity (Wildman–Crippen MR) is 121 cm³/mol. The molecule has 1 saturated heterocycles. The molecule has 8 heteroatoms. The molecule has 0 aromatic heterocycles. The van der Waals surface area contributed by atoms with Crippen LogP contribution in [0.3, 0.4) is 0 Å². The van der Waals surface area contributed by atoms with Crippen molar-refractivity contribution in [3.63, 3.8) is 0 Å². The van der Waals surface area contributed by atoms with Gasteiger partial charge < -0.3 is 10.1 Å². The molecule has 7 nitrogen and oxygen atoms in total. The largest absolute Gasteiger partial charge is 0.476 e. The molecule has 31 heavy (non-hydrogen) atoms. The first-order chi connectivity index (χ1) is 14.8. The Morgan fingerprint density at radius 2 is 1.84 bits per heavy atom. The molecular formula is C23H29N3O4S. The fourth-order valence-electron chi connectivity index (χ4n) is 4.17. The summed E-state index contributed by atoms with van der Waals surface area (Å²) in [5.41, 5.74) is 3.67. The fraction of sp³-hybridized carbons (Fsp3) is 0.435. The van der Waals surface area contributed by atoms with Crippen LogP contribution in [0.4, 0.5) is 5.69 Å². The third kappa shape index (κ3) is 5.02. The lowest BCUT2D eigenvalue weighted by molar-refractivity contribution is -0.127. The molecule has 0 radical (unpaired) electrons. The standard InChI is InChI=1S/C23H29N3O4S/c1-17-9-10-20-21(13-17)30-22(16-26(20)31(2,28)29)23(27)24-14-18-7-3-4-8-19(18)15-25-11-5-6-12-25/h3-4,7-10,13,22H,5-6,11-12,14-16H2,1-2H3,(H,24,27). The number of hydrogen-bond donors (Lipinski definition) is 1. The number of sulfonamides is 1. The van der Waals surface area contributed by atoms with Crippen molar-refractivity contribution in [2.75, 3.05) is 30.2 Å². The summed E-state index contributed by atoms with van der Waals surface area (Å²) < 4.78 is 31.8. The van der Waals surface area contributed by atoms with Crippen LogP contribution in [0.15, 0.2) is 42.5 Å². The number of anilines is 1. The van der Waals surface area contributed by atoms with Gasteiger partial charge >= 0.3 is 0 Å². The zero-order chi connectivity index (χ0) is 22.0. The summed E-state index contributed by atoms with van der Waals surface area (Å²) in [4.78, 5) is 15.4. The second-order valence-corrected chi connectivity index (χ2v) is 10.2. The summed E-state index contributed by atoms with van der Waals surface area (Å²) in [5.74, 6) is 0.0861. The van der Waals surface area contributed by atoms with Crippen LogP contribution < -0.4 is 14.4 Å². The number of nitrogens with one attached hydrogen (secondary N) is 1. The highest BCUT2D eigenvalue weighted by Gasteiger charge is 2.35. The molecule has 1 amide bonds. The van der Waals surface area contributed by atoms with Gasteiger partial charge in [-0.2, -0.15) is 0 Å². The van der Waals surface area contributed by atoms with E-state index in [0.717, 1.165) is 37.0 Å². The van der Waals surface area contributed by atoms with Crippen molar-refractivity contribution in [1.29, 1.82) is 0 Å². The molecular weight excluding hydrogens is 414 g/mol. The number of fused-ring (bicyclic) bond motifs is 1. The third-order valence-electron chi connectivity index (χ3n) is 5.84. The van der Waals surface area contributed by atoms with E-state index >= 15 is 0 Å². The predicted octanol–water partition coefficient (Wildman–Crippen LogP) is 2.43. The number of amides is 1. The molecule has 2 aliphatic heterocycles. The van der Waals surface area contributed by atoms with Gasteiger partial charge in [0.25, 0.3) is 5.91 Å². The molecule has 4 rings (SSSR count). The smallest absolute Gasteiger partial charge is 0.263 e. The summed E-state index contributed by atoms with van der Waals surface area (Å²) in [7, 11) is -3.54. The topological polar surface area (TPSA) is 79.0 Å². The van der Waals surface area contributed by atoms with Crippen LogP contribution in [-0.4, -0.2) is 51.2 Å². The van der Waals surface area contributed by atoms with Crippen molar-refractivity contribution in [2.24, 2.45) is 0 Å². The normalized spacial score (nSPS) is 19.0. The van der Waals surface area contributed by atoms with E-state index in [1.165, 1.54) is 22.7 Å². The lowest BCUT2D eigenvalue weighted by Gasteiger charge is -2.34. The van der Waals surface area contributed by atoms with Crippen molar-refractivity contribution >= 4 is 21.6 Å². The molecule has 2 aliphatic rings. The molecule has 2 aromatic rings. The van der Waals surface area contributed by atoms with E-state index in [-0.39, 0.29) is 12.5 Å². The van der Waals surface area contributed by atoms with Crippen LogP contribution in [0.1, 0.15) is 29.5 Å². The maximum absolute atomic E-state index is 12.9. The highest BCUT2D eigenvalue weighted by Crippen LogP contribution is 2.35. The second kappa shape index (κ2) is 8.88. The number of hydrogen-bond acceptors (Lipinski definition) is 5.